The quantitative estimate of drug-likeness (QED) is 0.329. The van der Waals surface area contributed by atoms with Crippen molar-refractivity contribution in [2.75, 3.05) is 26.2 Å². The highest BCUT2D eigenvalue weighted by Crippen LogP contribution is 2.31. The molecule has 0 aliphatic carbocycles. The Labute approximate surface area is 193 Å². The highest BCUT2D eigenvalue weighted by atomic mass is 16.5. The van der Waals surface area contributed by atoms with Crippen molar-refractivity contribution in [3.8, 4) is 5.75 Å². The fourth-order valence-corrected chi connectivity index (χ4v) is 4.26. The van der Waals surface area contributed by atoms with Gasteiger partial charge in [-0.25, -0.2) is 0 Å². The molecular weight excluding hydrogens is 394 g/mol. The zero-order chi connectivity index (χ0) is 22.9. The summed E-state index contributed by atoms with van der Waals surface area (Å²) in [6, 6.07) is 24.6. The molecule has 3 nitrogen and oxygen atoms in total. The standard InChI is InChI=1S/C29H35NO2/c1-5-30(6-2)17-18-32-29-22(3)19-26(20-23(29)4)28(31)21-27(24-13-9-7-10-14-24)25-15-11-8-12-16-25/h7-16,19-20,27H,5-6,17-18,21H2,1-4H3. The molecule has 3 rings (SSSR count). The normalized spacial score (nSPS) is 11.2. The highest BCUT2D eigenvalue weighted by Gasteiger charge is 2.20. The fraction of sp³-hybridized carbons (Fsp3) is 0.345. The smallest absolute Gasteiger partial charge is 0.163 e. The molecule has 0 fully saturated rings. The fourth-order valence-electron chi connectivity index (χ4n) is 4.26. The van der Waals surface area contributed by atoms with Gasteiger partial charge in [-0.1, -0.05) is 74.5 Å². The molecule has 0 aliphatic rings. The van der Waals surface area contributed by atoms with Crippen LogP contribution in [-0.4, -0.2) is 36.9 Å². The van der Waals surface area contributed by atoms with Crippen molar-refractivity contribution in [1.29, 1.82) is 0 Å². The van der Waals surface area contributed by atoms with E-state index in [1.165, 1.54) is 0 Å². The molecule has 0 spiro atoms. The van der Waals surface area contributed by atoms with E-state index in [9.17, 15) is 4.79 Å². The Hall–Kier alpha value is -2.91. The number of rotatable bonds is 11. The predicted molar refractivity (Wildman–Crippen MR) is 133 cm³/mol. The molecule has 0 saturated heterocycles. The molecule has 3 aromatic carbocycles. The average molecular weight is 430 g/mol. The number of likely N-dealkylation sites (N-methyl/N-ethyl adjacent to an activating group) is 1. The second-order valence-electron chi connectivity index (χ2n) is 8.32. The van der Waals surface area contributed by atoms with Gasteiger partial charge in [-0.3, -0.25) is 4.79 Å². The Morgan fingerprint density at radius 1 is 0.844 bits per heavy atom. The van der Waals surface area contributed by atoms with Crippen molar-refractivity contribution in [2.24, 2.45) is 0 Å². The van der Waals surface area contributed by atoms with Crippen LogP contribution in [0.5, 0.6) is 5.75 Å². The lowest BCUT2D eigenvalue weighted by Crippen LogP contribution is -2.28. The summed E-state index contributed by atoms with van der Waals surface area (Å²) in [6.07, 6.45) is 0.440. The molecule has 0 unspecified atom stereocenters. The third-order valence-corrected chi connectivity index (χ3v) is 6.12. The minimum absolute atomic E-state index is 0.0375. The monoisotopic (exact) mass is 429 g/mol. The summed E-state index contributed by atoms with van der Waals surface area (Å²) in [4.78, 5) is 15.7. The molecule has 3 heteroatoms. The number of nitrogens with zero attached hydrogens (tertiary/aromatic N) is 1. The molecule has 0 N–H and O–H groups in total. The molecule has 0 bridgehead atoms. The molecule has 0 atom stereocenters. The van der Waals surface area contributed by atoms with Gasteiger partial charge in [0.15, 0.2) is 5.78 Å². The number of benzene rings is 3. The van der Waals surface area contributed by atoms with E-state index in [0.29, 0.717) is 13.0 Å². The lowest BCUT2D eigenvalue weighted by Gasteiger charge is -2.20. The average Bonchev–Trinajstić information content (AvgIpc) is 2.82. The van der Waals surface area contributed by atoms with Crippen LogP contribution < -0.4 is 4.74 Å². The topological polar surface area (TPSA) is 29.5 Å². The summed E-state index contributed by atoms with van der Waals surface area (Å²) >= 11 is 0. The number of aryl methyl sites for hydroxylation is 2. The van der Waals surface area contributed by atoms with E-state index in [2.05, 4.69) is 43.0 Å². The Morgan fingerprint density at radius 2 is 1.34 bits per heavy atom. The zero-order valence-electron chi connectivity index (χ0n) is 19.8. The molecule has 0 amide bonds. The molecule has 0 aromatic heterocycles. The first kappa shape index (κ1) is 23.7. The van der Waals surface area contributed by atoms with Gasteiger partial charge in [-0.2, -0.15) is 0 Å². The van der Waals surface area contributed by atoms with Crippen molar-refractivity contribution >= 4 is 5.78 Å². The van der Waals surface area contributed by atoms with Crippen LogP contribution in [0, 0.1) is 13.8 Å². The van der Waals surface area contributed by atoms with Gasteiger partial charge in [-0.05, 0) is 61.3 Å². The second kappa shape index (κ2) is 11.6. The zero-order valence-corrected chi connectivity index (χ0v) is 19.8. The SMILES string of the molecule is CCN(CC)CCOc1c(C)cc(C(=O)CC(c2ccccc2)c2ccccc2)cc1C. The Kier molecular flexibility index (Phi) is 8.64. The van der Waals surface area contributed by atoms with E-state index in [1.54, 1.807) is 0 Å². The molecule has 0 aliphatic heterocycles. The molecular formula is C29H35NO2. The summed E-state index contributed by atoms with van der Waals surface area (Å²) < 4.78 is 6.10. The molecule has 0 heterocycles. The van der Waals surface area contributed by atoms with Crippen molar-refractivity contribution in [3.63, 3.8) is 0 Å². The number of hydrogen-bond acceptors (Lipinski definition) is 3. The van der Waals surface area contributed by atoms with Gasteiger partial charge in [-0.15, -0.1) is 0 Å². The van der Waals surface area contributed by atoms with Crippen LogP contribution in [0.2, 0.25) is 0 Å². The Morgan fingerprint density at radius 3 is 1.81 bits per heavy atom. The summed E-state index contributed by atoms with van der Waals surface area (Å²) in [5, 5.41) is 0. The van der Waals surface area contributed by atoms with Gasteiger partial charge in [0.1, 0.15) is 12.4 Å². The molecule has 168 valence electrons. The largest absolute Gasteiger partial charge is 0.492 e. The van der Waals surface area contributed by atoms with Crippen LogP contribution in [0.15, 0.2) is 72.8 Å². The lowest BCUT2D eigenvalue weighted by atomic mass is 9.85. The minimum Gasteiger partial charge on any atom is -0.492 e. The third-order valence-electron chi connectivity index (χ3n) is 6.12. The number of hydrogen-bond donors (Lipinski definition) is 0. The van der Waals surface area contributed by atoms with E-state index in [4.69, 9.17) is 4.74 Å². The maximum Gasteiger partial charge on any atom is 0.163 e. The van der Waals surface area contributed by atoms with Crippen LogP contribution in [0.4, 0.5) is 0 Å². The molecule has 0 saturated carbocycles. The number of carbonyl (C=O) groups excluding carboxylic acids is 1. The van der Waals surface area contributed by atoms with E-state index in [1.807, 2.05) is 62.4 Å². The number of ether oxygens (including phenoxy) is 1. The number of Topliss-reactive ketones (excluding diaryl/α,β-unsaturated/α-hetero) is 1. The van der Waals surface area contributed by atoms with E-state index < -0.39 is 0 Å². The maximum absolute atomic E-state index is 13.4. The second-order valence-corrected chi connectivity index (χ2v) is 8.32. The van der Waals surface area contributed by atoms with E-state index in [-0.39, 0.29) is 11.7 Å². The number of ketones is 1. The summed E-state index contributed by atoms with van der Waals surface area (Å²) in [5.74, 6) is 1.09. The van der Waals surface area contributed by atoms with Crippen LogP contribution >= 0.6 is 0 Å². The highest BCUT2D eigenvalue weighted by molar-refractivity contribution is 5.97. The first-order valence-electron chi connectivity index (χ1n) is 11.6. The molecule has 32 heavy (non-hydrogen) atoms. The van der Waals surface area contributed by atoms with Gasteiger partial charge in [0.2, 0.25) is 0 Å². The van der Waals surface area contributed by atoms with Crippen LogP contribution in [0.1, 0.15) is 58.8 Å². The summed E-state index contributed by atoms with van der Waals surface area (Å²) in [7, 11) is 0. The van der Waals surface area contributed by atoms with Gasteiger partial charge < -0.3 is 9.64 Å². The van der Waals surface area contributed by atoms with Crippen molar-refractivity contribution < 1.29 is 9.53 Å². The van der Waals surface area contributed by atoms with Gasteiger partial charge in [0.25, 0.3) is 0 Å². The van der Waals surface area contributed by atoms with E-state index in [0.717, 1.165) is 53.2 Å². The first-order chi connectivity index (χ1) is 15.5. The number of carbonyl (C=O) groups is 1. The maximum atomic E-state index is 13.4. The minimum atomic E-state index is 0.0375. The summed E-state index contributed by atoms with van der Waals surface area (Å²) in [5.41, 5.74) is 5.12. The third kappa shape index (κ3) is 6.08. The van der Waals surface area contributed by atoms with Crippen molar-refractivity contribution in [2.45, 2.75) is 40.0 Å². The molecule has 0 radical (unpaired) electrons. The lowest BCUT2D eigenvalue weighted by molar-refractivity contribution is 0.0977. The predicted octanol–water partition coefficient (Wildman–Crippen LogP) is 6.43. The molecule has 3 aromatic rings. The summed E-state index contributed by atoms with van der Waals surface area (Å²) in [6.45, 7) is 12.0. The van der Waals surface area contributed by atoms with Crippen LogP contribution in [-0.2, 0) is 0 Å². The Bertz CT molecular complexity index is 932. The van der Waals surface area contributed by atoms with Crippen LogP contribution in [0.3, 0.4) is 0 Å². The van der Waals surface area contributed by atoms with Crippen LogP contribution in [0.25, 0.3) is 0 Å². The van der Waals surface area contributed by atoms with Gasteiger partial charge >= 0.3 is 0 Å². The first-order valence-corrected chi connectivity index (χ1v) is 11.6. The van der Waals surface area contributed by atoms with E-state index >= 15 is 0 Å². The Balaban J connectivity index is 1.77. The van der Waals surface area contributed by atoms with Gasteiger partial charge in [0, 0.05) is 24.4 Å². The van der Waals surface area contributed by atoms with Crippen molar-refractivity contribution in [1.82, 2.24) is 4.90 Å². The van der Waals surface area contributed by atoms with Gasteiger partial charge in [0.05, 0.1) is 0 Å². The van der Waals surface area contributed by atoms with Crippen molar-refractivity contribution in [3.05, 3.63) is 101 Å².